The summed E-state index contributed by atoms with van der Waals surface area (Å²) in [6.07, 6.45) is 6.19. The van der Waals surface area contributed by atoms with Gasteiger partial charge in [0.05, 0.1) is 41.2 Å². The summed E-state index contributed by atoms with van der Waals surface area (Å²) in [6, 6.07) is 4.75. The number of rotatable bonds is 10. The van der Waals surface area contributed by atoms with Crippen molar-refractivity contribution in [2.24, 2.45) is 0 Å². The number of ether oxygens (including phenoxy) is 1. The SMILES string of the molecule is CCCOc1ccc(S(=O)(=O)N2CCN(CC)CC2)cc1-c1nc2c(CC)n(Cc3cnccn3)nc2c(=O)[nH]1. The van der Waals surface area contributed by atoms with Gasteiger partial charge in [0, 0.05) is 38.6 Å². The van der Waals surface area contributed by atoms with Gasteiger partial charge in [0.25, 0.3) is 5.56 Å². The van der Waals surface area contributed by atoms with Gasteiger partial charge < -0.3 is 14.6 Å². The van der Waals surface area contributed by atoms with E-state index in [9.17, 15) is 13.2 Å². The van der Waals surface area contributed by atoms with Crippen LogP contribution in [-0.2, 0) is 23.0 Å². The minimum atomic E-state index is -3.76. The lowest BCUT2D eigenvalue weighted by atomic mass is 10.1. The molecule has 1 fully saturated rings. The second-order valence-electron chi connectivity index (χ2n) is 9.61. The minimum Gasteiger partial charge on any atom is -0.493 e. The van der Waals surface area contributed by atoms with Gasteiger partial charge in [0.1, 0.15) is 17.1 Å². The number of aromatic amines is 1. The van der Waals surface area contributed by atoms with Crippen LogP contribution in [0.25, 0.3) is 22.4 Å². The number of aromatic nitrogens is 6. The zero-order valence-corrected chi connectivity index (χ0v) is 23.8. The van der Waals surface area contributed by atoms with Crippen LogP contribution in [0.2, 0.25) is 0 Å². The Hall–Kier alpha value is -3.68. The molecule has 0 amide bonds. The first-order valence-electron chi connectivity index (χ1n) is 13.6. The fourth-order valence-electron chi connectivity index (χ4n) is 4.87. The van der Waals surface area contributed by atoms with Crippen molar-refractivity contribution in [3.05, 3.63) is 58.5 Å². The average Bonchev–Trinajstić information content (AvgIpc) is 3.33. The number of nitrogens with one attached hydrogen (secondary N) is 1. The Kier molecular flexibility index (Phi) is 8.24. The van der Waals surface area contributed by atoms with Gasteiger partial charge in [0.2, 0.25) is 10.0 Å². The van der Waals surface area contributed by atoms with Crippen LogP contribution < -0.4 is 10.3 Å². The normalized spacial score (nSPS) is 15.1. The number of piperazine rings is 1. The number of hydrogen-bond donors (Lipinski definition) is 1. The molecule has 0 unspecified atom stereocenters. The van der Waals surface area contributed by atoms with Crippen LogP contribution in [0.15, 0.2) is 46.5 Å². The number of likely N-dealkylation sites (N-methyl/N-ethyl adjacent to an activating group) is 1. The van der Waals surface area contributed by atoms with Crippen LogP contribution in [0.4, 0.5) is 0 Å². The molecule has 1 aliphatic heterocycles. The minimum absolute atomic E-state index is 0.133. The molecular weight excluding hydrogens is 532 g/mol. The highest BCUT2D eigenvalue weighted by Gasteiger charge is 2.29. The summed E-state index contributed by atoms with van der Waals surface area (Å²) >= 11 is 0. The highest BCUT2D eigenvalue weighted by molar-refractivity contribution is 7.89. The van der Waals surface area contributed by atoms with Crippen molar-refractivity contribution in [3.63, 3.8) is 0 Å². The highest BCUT2D eigenvalue weighted by atomic mass is 32.2. The van der Waals surface area contributed by atoms with Crippen LogP contribution >= 0.6 is 0 Å². The average molecular weight is 567 g/mol. The van der Waals surface area contributed by atoms with E-state index in [0.29, 0.717) is 68.3 Å². The first-order chi connectivity index (χ1) is 19.3. The largest absolute Gasteiger partial charge is 0.493 e. The Bertz CT molecular complexity index is 1640. The molecule has 0 spiro atoms. The lowest BCUT2D eigenvalue weighted by molar-refractivity contribution is 0.196. The summed E-state index contributed by atoms with van der Waals surface area (Å²) in [5.74, 6) is 0.675. The second-order valence-corrected chi connectivity index (χ2v) is 11.5. The molecular formula is C27H34N8O4S. The van der Waals surface area contributed by atoms with E-state index in [4.69, 9.17) is 9.72 Å². The van der Waals surface area contributed by atoms with Crippen molar-refractivity contribution < 1.29 is 13.2 Å². The van der Waals surface area contributed by atoms with Gasteiger partial charge in [-0.2, -0.15) is 9.40 Å². The molecule has 13 heteroatoms. The Morgan fingerprint density at radius 2 is 1.85 bits per heavy atom. The van der Waals surface area contributed by atoms with Crippen LogP contribution in [0.1, 0.15) is 38.6 Å². The van der Waals surface area contributed by atoms with Crippen LogP contribution in [0.3, 0.4) is 0 Å². The number of hydrogen-bond acceptors (Lipinski definition) is 9. The van der Waals surface area contributed by atoms with Gasteiger partial charge in [-0.15, -0.1) is 0 Å². The fourth-order valence-corrected chi connectivity index (χ4v) is 6.31. The first-order valence-corrected chi connectivity index (χ1v) is 15.0. The maximum absolute atomic E-state index is 13.6. The third kappa shape index (κ3) is 5.49. The third-order valence-corrected chi connectivity index (χ3v) is 8.94. The van der Waals surface area contributed by atoms with Gasteiger partial charge in [-0.1, -0.05) is 20.8 Å². The lowest BCUT2D eigenvalue weighted by Crippen LogP contribution is -2.48. The van der Waals surface area contributed by atoms with Gasteiger partial charge in [-0.25, -0.2) is 13.4 Å². The molecule has 1 aromatic carbocycles. The summed E-state index contributed by atoms with van der Waals surface area (Å²) in [5, 5.41) is 4.52. The smallest absolute Gasteiger partial charge is 0.279 e. The monoisotopic (exact) mass is 566 g/mol. The van der Waals surface area contributed by atoms with Crippen molar-refractivity contribution >= 4 is 21.1 Å². The number of sulfonamides is 1. The van der Waals surface area contributed by atoms with Gasteiger partial charge in [0.15, 0.2) is 5.52 Å². The molecule has 0 bridgehead atoms. The van der Waals surface area contributed by atoms with E-state index >= 15 is 0 Å². The second kappa shape index (κ2) is 11.8. The summed E-state index contributed by atoms with van der Waals surface area (Å²) in [6.45, 7) is 9.89. The summed E-state index contributed by atoms with van der Waals surface area (Å²) in [5.41, 5.74) is 2.12. The Balaban J connectivity index is 1.59. The topological polar surface area (TPSA) is 139 Å². The third-order valence-electron chi connectivity index (χ3n) is 7.05. The Morgan fingerprint density at radius 3 is 2.52 bits per heavy atom. The lowest BCUT2D eigenvalue weighted by Gasteiger charge is -2.33. The maximum atomic E-state index is 13.6. The number of H-pyrrole nitrogens is 1. The van der Waals surface area contributed by atoms with E-state index < -0.39 is 15.6 Å². The molecule has 40 heavy (non-hydrogen) atoms. The van der Waals surface area contributed by atoms with Crippen LogP contribution in [0, 0.1) is 0 Å². The molecule has 0 atom stereocenters. The molecule has 5 rings (SSSR count). The van der Waals surface area contributed by atoms with Crippen molar-refractivity contribution in [1.29, 1.82) is 0 Å². The Labute approximate surface area is 233 Å². The maximum Gasteiger partial charge on any atom is 0.279 e. The molecule has 1 aliphatic rings. The first kappa shape index (κ1) is 27.9. The number of nitrogens with zero attached hydrogens (tertiary/aromatic N) is 7. The van der Waals surface area contributed by atoms with E-state index in [1.165, 1.54) is 4.31 Å². The van der Waals surface area contributed by atoms with Gasteiger partial charge in [-0.3, -0.25) is 19.4 Å². The van der Waals surface area contributed by atoms with E-state index in [2.05, 4.69) is 31.9 Å². The molecule has 0 radical (unpaired) electrons. The van der Waals surface area contributed by atoms with E-state index in [0.717, 1.165) is 18.7 Å². The molecule has 4 aromatic rings. The van der Waals surface area contributed by atoms with Crippen molar-refractivity contribution in [2.45, 2.75) is 45.1 Å². The highest BCUT2D eigenvalue weighted by Crippen LogP contribution is 2.32. The van der Waals surface area contributed by atoms with Crippen LogP contribution in [-0.4, -0.2) is 86.7 Å². The van der Waals surface area contributed by atoms with E-state index in [1.54, 1.807) is 41.5 Å². The van der Waals surface area contributed by atoms with Crippen molar-refractivity contribution in [2.75, 3.05) is 39.3 Å². The van der Waals surface area contributed by atoms with Crippen molar-refractivity contribution in [3.8, 4) is 17.1 Å². The summed E-state index contributed by atoms with van der Waals surface area (Å²) in [4.78, 5) is 31.6. The molecule has 212 valence electrons. The quantitative estimate of drug-likeness (QED) is 0.306. The standard InChI is InChI=1S/C27H34N8O4S/c1-4-15-39-23-8-7-20(40(37,38)34-13-11-33(6-3)12-14-34)16-21(23)26-30-24-22(5-2)35(32-25(24)27(36)31-26)18-19-17-28-9-10-29-19/h7-10,16-17H,4-6,11-15,18H2,1-3H3,(H,30,31,36). The fraction of sp³-hybridized carbons (Fsp3) is 0.444. The summed E-state index contributed by atoms with van der Waals surface area (Å²) in [7, 11) is -3.76. The van der Waals surface area contributed by atoms with E-state index in [1.807, 2.05) is 13.8 Å². The molecule has 3 aromatic heterocycles. The Morgan fingerprint density at radius 1 is 1.05 bits per heavy atom. The van der Waals surface area contributed by atoms with E-state index in [-0.39, 0.29) is 16.2 Å². The van der Waals surface area contributed by atoms with Gasteiger partial charge >= 0.3 is 0 Å². The molecule has 4 heterocycles. The molecule has 0 saturated carbocycles. The predicted molar refractivity (Wildman–Crippen MR) is 151 cm³/mol. The zero-order valence-electron chi connectivity index (χ0n) is 23.0. The zero-order chi connectivity index (χ0) is 28.3. The molecule has 0 aliphatic carbocycles. The van der Waals surface area contributed by atoms with Gasteiger partial charge in [-0.05, 0) is 37.6 Å². The molecule has 1 saturated heterocycles. The molecule has 1 N–H and O–H groups in total. The predicted octanol–water partition coefficient (Wildman–Crippen LogP) is 2.30. The number of fused-ring (bicyclic) bond motifs is 1. The number of benzene rings is 1. The van der Waals surface area contributed by atoms with Crippen molar-refractivity contribution in [1.82, 2.24) is 38.9 Å². The summed E-state index contributed by atoms with van der Waals surface area (Å²) < 4.78 is 36.4. The number of aryl methyl sites for hydroxylation is 1. The molecule has 12 nitrogen and oxygen atoms in total. The van der Waals surface area contributed by atoms with Crippen LogP contribution in [0.5, 0.6) is 5.75 Å².